The molecule has 0 spiro atoms. The van der Waals surface area contributed by atoms with Crippen molar-refractivity contribution in [3.8, 4) is 5.69 Å². The monoisotopic (exact) mass is 371 g/mol. The maximum absolute atomic E-state index is 12.7. The van der Waals surface area contributed by atoms with E-state index in [0.717, 1.165) is 43.5 Å². The Kier molecular flexibility index (Phi) is 5.66. The average molecular weight is 371 g/mol. The summed E-state index contributed by atoms with van der Waals surface area (Å²) < 4.78 is 1.82. The number of carbonyl (C=O) groups excluding carboxylic acids is 1. The highest BCUT2D eigenvalue weighted by Crippen LogP contribution is 2.22. The molecule has 4 heteroatoms. The Labute approximate surface area is 166 Å². The predicted molar refractivity (Wildman–Crippen MR) is 112 cm³/mol. The second-order valence-electron chi connectivity index (χ2n) is 7.24. The van der Waals surface area contributed by atoms with Crippen LogP contribution in [0.5, 0.6) is 0 Å². The van der Waals surface area contributed by atoms with Gasteiger partial charge in [-0.3, -0.25) is 4.79 Å². The van der Waals surface area contributed by atoms with Crippen LogP contribution < -0.4 is 0 Å². The summed E-state index contributed by atoms with van der Waals surface area (Å²) in [5.41, 5.74) is 3.27. The molecule has 4 nitrogen and oxygen atoms in total. The molecule has 3 aromatic rings. The minimum atomic E-state index is 0.100. The van der Waals surface area contributed by atoms with Crippen molar-refractivity contribution in [3.63, 3.8) is 0 Å². The second-order valence-corrected chi connectivity index (χ2v) is 7.24. The first-order valence-electron chi connectivity index (χ1n) is 9.92. The third kappa shape index (κ3) is 4.39. The van der Waals surface area contributed by atoms with Crippen LogP contribution in [-0.2, 0) is 11.2 Å². The zero-order valence-corrected chi connectivity index (χ0v) is 15.9. The molecule has 1 aliphatic rings. The predicted octanol–water partition coefficient (Wildman–Crippen LogP) is 4.51. The molecule has 4 rings (SSSR count). The molecule has 0 saturated carbocycles. The van der Waals surface area contributed by atoms with Gasteiger partial charge < -0.3 is 4.90 Å². The Morgan fingerprint density at radius 3 is 2.61 bits per heavy atom. The lowest BCUT2D eigenvalue weighted by Gasteiger charge is -2.23. The van der Waals surface area contributed by atoms with Crippen LogP contribution in [0.4, 0.5) is 0 Å². The van der Waals surface area contributed by atoms with Crippen LogP contribution in [-0.4, -0.2) is 33.2 Å². The van der Waals surface area contributed by atoms with E-state index in [1.165, 1.54) is 5.56 Å². The summed E-state index contributed by atoms with van der Waals surface area (Å²) in [7, 11) is 0. The number of aromatic nitrogens is 2. The summed E-state index contributed by atoms with van der Waals surface area (Å²) >= 11 is 0. The van der Waals surface area contributed by atoms with Gasteiger partial charge in [0.15, 0.2) is 0 Å². The molecular formula is C24H25N3O. The first-order chi connectivity index (χ1) is 13.8. The third-order valence-corrected chi connectivity index (χ3v) is 5.31. The van der Waals surface area contributed by atoms with Crippen molar-refractivity contribution in [1.82, 2.24) is 14.7 Å². The van der Waals surface area contributed by atoms with Gasteiger partial charge in [-0.05, 0) is 49.5 Å². The standard InChI is InChI=1S/C24H25N3O/c28-24(16-14-21-18-25-27(19-21)23-10-5-2-6-11-23)26-17-7-12-22(26)15-13-20-8-3-1-4-9-20/h1-6,8-11,14,16,18-19,22H,7,12-13,15,17H2. The van der Waals surface area contributed by atoms with E-state index in [0.29, 0.717) is 6.04 Å². The number of carbonyl (C=O) groups is 1. The molecule has 2 heterocycles. The molecule has 142 valence electrons. The largest absolute Gasteiger partial charge is 0.336 e. The van der Waals surface area contributed by atoms with Crippen LogP contribution in [0.25, 0.3) is 11.8 Å². The number of amides is 1. The molecule has 1 saturated heterocycles. The molecule has 1 atom stereocenters. The first-order valence-corrected chi connectivity index (χ1v) is 9.92. The number of hydrogen-bond acceptors (Lipinski definition) is 2. The third-order valence-electron chi connectivity index (χ3n) is 5.31. The van der Waals surface area contributed by atoms with Gasteiger partial charge in [0, 0.05) is 30.4 Å². The molecule has 0 bridgehead atoms. The number of hydrogen-bond donors (Lipinski definition) is 0. The van der Waals surface area contributed by atoms with E-state index >= 15 is 0 Å². The first kappa shape index (κ1) is 18.2. The van der Waals surface area contributed by atoms with Gasteiger partial charge in [0.1, 0.15) is 0 Å². The minimum absolute atomic E-state index is 0.100. The molecule has 0 N–H and O–H groups in total. The highest BCUT2D eigenvalue weighted by atomic mass is 16.2. The van der Waals surface area contributed by atoms with Gasteiger partial charge in [-0.15, -0.1) is 0 Å². The normalized spacial score (nSPS) is 16.7. The lowest BCUT2D eigenvalue weighted by atomic mass is 10.0. The molecule has 1 amide bonds. The van der Waals surface area contributed by atoms with Gasteiger partial charge >= 0.3 is 0 Å². The summed E-state index contributed by atoms with van der Waals surface area (Å²) in [5.74, 6) is 0.100. The zero-order chi connectivity index (χ0) is 19.2. The second kappa shape index (κ2) is 8.70. The minimum Gasteiger partial charge on any atom is -0.336 e. The average Bonchev–Trinajstić information content (AvgIpc) is 3.41. The summed E-state index contributed by atoms with van der Waals surface area (Å²) in [5, 5.41) is 4.38. The fraction of sp³-hybridized carbons (Fsp3) is 0.250. The van der Waals surface area contributed by atoms with Crippen molar-refractivity contribution in [2.24, 2.45) is 0 Å². The van der Waals surface area contributed by atoms with E-state index in [-0.39, 0.29) is 5.91 Å². The molecular weight excluding hydrogens is 346 g/mol. The molecule has 0 radical (unpaired) electrons. The molecule has 0 aliphatic carbocycles. The highest BCUT2D eigenvalue weighted by Gasteiger charge is 2.26. The SMILES string of the molecule is O=C(C=Cc1cnn(-c2ccccc2)c1)N1CCCC1CCc1ccccc1. The van der Waals surface area contributed by atoms with Crippen LogP contribution in [0.3, 0.4) is 0 Å². The fourth-order valence-electron chi connectivity index (χ4n) is 3.81. The van der Waals surface area contributed by atoms with Gasteiger partial charge in [-0.25, -0.2) is 4.68 Å². The quantitative estimate of drug-likeness (QED) is 0.598. The summed E-state index contributed by atoms with van der Waals surface area (Å²) in [6, 6.07) is 20.8. The van der Waals surface area contributed by atoms with E-state index in [4.69, 9.17) is 0 Å². The Hall–Kier alpha value is -3.14. The van der Waals surface area contributed by atoms with E-state index in [2.05, 4.69) is 29.4 Å². The van der Waals surface area contributed by atoms with Gasteiger partial charge in [-0.2, -0.15) is 5.10 Å². The van der Waals surface area contributed by atoms with E-state index in [1.54, 1.807) is 12.3 Å². The van der Waals surface area contributed by atoms with Gasteiger partial charge in [0.2, 0.25) is 5.91 Å². The smallest absolute Gasteiger partial charge is 0.246 e. The van der Waals surface area contributed by atoms with Crippen molar-refractivity contribution < 1.29 is 4.79 Å². The van der Waals surface area contributed by atoms with E-state index < -0.39 is 0 Å². The Morgan fingerprint density at radius 1 is 1.07 bits per heavy atom. The molecule has 1 aliphatic heterocycles. The van der Waals surface area contributed by atoms with Crippen LogP contribution in [0, 0.1) is 0 Å². The molecule has 1 unspecified atom stereocenters. The fourth-order valence-corrected chi connectivity index (χ4v) is 3.81. The van der Waals surface area contributed by atoms with Crippen molar-refractivity contribution in [3.05, 3.63) is 90.3 Å². The van der Waals surface area contributed by atoms with Crippen molar-refractivity contribution >= 4 is 12.0 Å². The molecule has 28 heavy (non-hydrogen) atoms. The van der Waals surface area contributed by atoms with Crippen molar-refractivity contribution in [1.29, 1.82) is 0 Å². The Morgan fingerprint density at radius 2 is 1.82 bits per heavy atom. The van der Waals surface area contributed by atoms with Crippen LogP contribution in [0.2, 0.25) is 0 Å². The summed E-state index contributed by atoms with van der Waals surface area (Å²) in [6.07, 6.45) is 11.5. The van der Waals surface area contributed by atoms with Gasteiger partial charge in [-0.1, -0.05) is 48.5 Å². The highest BCUT2D eigenvalue weighted by molar-refractivity contribution is 5.92. The van der Waals surface area contributed by atoms with Crippen LogP contribution in [0.15, 0.2) is 79.1 Å². The summed E-state index contributed by atoms with van der Waals surface area (Å²) in [4.78, 5) is 14.8. The number of rotatable bonds is 6. The van der Waals surface area contributed by atoms with Crippen molar-refractivity contribution in [2.45, 2.75) is 31.7 Å². The van der Waals surface area contributed by atoms with E-state index in [9.17, 15) is 4.79 Å². The molecule has 2 aromatic carbocycles. The maximum Gasteiger partial charge on any atom is 0.246 e. The maximum atomic E-state index is 12.7. The topological polar surface area (TPSA) is 38.1 Å². The number of benzene rings is 2. The lowest BCUT2D eigenvalue weighted by Crippen LogP contribution is -2.34. The zero-order valence-electron chi connectivity index (χ0n) is 15.9. The summed E-state index contributed by atoms with van der Waals surface area (Å²) in [6.45, 7) is 0.853. The van der Waals surface area contributed by atoms with Gasteiger partial charge in [0.05, 0.1) is 11.9 Å². The molecule has 1 aromatic heterocycles. The Bertz CT molecular complexity index is 931. The number of para-hydroxylation sites is 1. The van der Waals surface area contributed by atoms with Crippen molar-refractivity contribution in [2.75, 3.05) is 6.54 Å². The van der Waals surface area contributed by atoms with E-state index in [1.807, 2.05) is 58.3 Å². The Balaban J connectivity index is 1.36. The van der Waals surface area contributed by atoms with Crippen LogP contribution >= 0.6 is 0 Å². The van der Waals surface area contributed by atoms with Gasteiger partial charge in [0.25, 0.3) is 0 Å². The van der Waals surface area contributed by atoms with Crippen LogP contribution in [0.1, 0.15) is 30.4 Å². The molecule has 1 fully saturated rings. The number of aryl methyl sites for hydroxylation is 1. The number of nitrogens with zero attached hydrogens (tertiary/aromatic N) is 3. The number of likely N-dealkylation sites (tertiary alicyclic amines) is 1. The lowest BCUT2D eigenvalue weighted by molar-refractivity contribution is -0.126.